The molecule has 1 aromatic carbocycles. The number of nitrogens with zero attached hydrogens (tertiary/aromatic N) is 2. The highest BCUT2D eigenvalue weighted by atomic mass is 35.5. The number of nitrogens with one attached hydrogen (secondary N) is 1. The zero-order chi connectivity index (χ0) is 18.3. The van der Waals surface area contributed by atoms with Gasteiger partial charge in [0.1, 0.15) is 0 Å². The predicted octanol–water partition coefficient (Wildman–Crippen LogP) is 1.48. The van der Waals surface area contributed by atoms with Crippen LogP contribution in [0, 0.1) is 0 Å². The Bertz CT molecular complexity index is 619. The number of rotatable bonds is 7. The first-order chi connectivity index (χ1) is 11.2. The number of carbonyl (C=O) groups excluding carboxylic acids is 3. The zero-order valence-corrected chi connectivity index (χ0v) is 15.0. The molecule has 0 aromatic heterocycles. The molecule has 0 unspecified atom stereocenters. The number of amides is 2. The molecule has 0 radical (unpaired) electrons. The third-order valence-electron chi connectivity index (χ3n) is 3.26. The summed E-state index contributed by atoms with van der Waals surface area (Å²) in [6, 6.07) is 4.44. The second-order valence-electron chi connectivity index (χ2n) is 5.48. The number of ether oxygens (including phenoxy) is 1. The van der Waals surface area contributed by atoms with Gasteiger partial charge in [0.25, 0.3) is 0 Å². The van der Waals surface area contributed by atoms with E-state index in [2.05, 4.69) is 10.1 Å². The monoisotopic (exact) mass is 355 g/mol. The predicted molar refractivity (Wildman–Crippen MR) is 92.2 cm³/mol. The van der Waals surface area contributed by atoms with E-state index in [1.807, 2.05) is 19.0 Å². The van der Waals surface area contributed by atoms with Crippen LogP contribution in [0.25, 0.3) is 0 Å². The minimum atomic E-state index is -0.529. The van der Waals surface area contributed by atoms with Gasteiger partial charge in [0.2, 0.25) is 11.8 Å². The Labute approximate surface area is 146 Å². The van der Waals surface area contributed by atoms with Crippen LogP contribution in [0.3, 0.4) is 0 Å². The molecular weight excluding hydrogens is 334 g/mol. The van der Waals surface area contributed by atoms with Crippen molar-refractivity contribution in [3.05, 3.63) is 28.8 Å². The van der Waals surface area contributed by atoms with E-state index in [4.69, 9.17) is 11.6 Å². The lowest BCUT2D eigenvalue weighted by Gasteiger charge is -2.22. The summed E-state index contributed by atoms with van der Waals surface area (Å²) in [4.78, 5) is 38.7. The molecule has 24 heavy (non-hydrogen) atoms. The fourth-order valence-electron chi connectivity index (χ4n) is 1.90. The summed E-state index contributed by atoms with van der Waals surface area (Å²) in [5.41, 5.74) is 0.564. The van der Waals surface area contributed by atoms with Crippen molar-refractivity contribution >= 4 is 35.1 Å². The Kier molecular flexibility index (Phi) is 7.67. The van der Waals surface area contributed by atoms with Crippen LogP contribution in [0.15, 0.2) is 18.2 Å². The molecule has 0 spiro atoms. The Balaban J connectivity index is 2.79. The van der Waals surface area contributed by atoms with Gasteiger partial charge < -0.3 is 19.9 Å². The third kappa shape index (κ3) is 6.17. The van der Waals surface area contributed by atoms with Crippen molar-refractivity contribution in [2.24, 2.45) is 0 Å². The maximum Gasteiger partial charge on any atom is 0.337 e. The van der Waals surface area contributed by atoms with E-state index in [1.54, 1.807) is 0 Å². The van der Waals surface area contributed by atoms with Crippen molar-refractivity contribution < 1.29 is 19.1 Å². The van der Waals surface area contributed by atoms with Crippen LogP contribution in [0.1, 0.15) is 17.3 Å². The maximum absolute atomic E-state index is 12.2. The molecule has 0 aliphatic rings. The highest BCUT2D eigenvalue weighted by molar-refractivity contribution is 6.33. The largest absolute Gasteiger partial charge is 0.465 e. The summed E-state index contributed by atoms with van der Waals surface area (Å²) < 4.78 is 4.63. The van der Waals surface area contributed by atoms with E-state index in [1.165, 1.54) is 37.1 Å². The molecule has 0 fully saturated rings. The first-order valence-electron chi connectivity index (χ1n) is 7.32. The lowest BCUT2D eigenvalue weighted by molar-refractivity contribution is -0.132. The smallest absolute Gasteiger partial charge is 0.337 e. The van der Waals surface area contributed by atoms with Gasteiger partial charge in [-0.2, -0.15) is 0 Å². The minimum Gasteiger partial charge on any atom is -0.465 e. The van der Waals surface area contributed by atoms with Gasteiger partial charge in [-0.05, 0) is 32.3 Å². The Hall–Kier alpha value is -2.12. The van der Waals surface area contributed by atoms with Crippen LogP contribution in [0.5, 0.6) is 0 Å². The number of methoxy groups -OCH3 is 1. The average Bonchev–Trinajstić information content (AvgIpc) is 2.52. The van der Waals surface area contributed by atoms with Crippen LogP contribution < -0.4 is 5.32 Å². The van der Waals surface area contributed by atoms with Crippen molar-refractivity contribution in [1.29, 1.82) is 0 Å². The number of hydrogen-bond donors (Lipinski definition) is 1. The SMILES string of the molecule is COC(=O)c1ccc(Cl)c(NC(=O)CN(CCN(C)C)C(C)=O)c1. The first-order valence-corrected chi connectivity index (χ1v) is 7.70. The Morgan fingerprint density at radius 2 is 1.88 bits per heavy atom. The van der Waals surface area contributed by atoms with Crippen LogP contribution in [-0.4, -0.2) is 68.4 Å². The number of likely N-dealkylation sites (N-methyl/N-ethyl adjacent to an activating group) is 1. The summed E-state index contributed by atoms with van der Waals surface area (Å²) in [5.74, 6) is -1.12. The summed E-state index contributed by atoms with van der Waals surface area (Å²) in [5, 5.41) is 2.91. The normalized spacial score (nSPS) is 10.4. The van der Waals surface area contributed by atoms with E-state index in [0.29, 0.717) is 23.8 Å². The molecule has 132 valence electrons. The molecule has 1 N–H and O–H groups in total. The van der Waals surface area contributed by atoms with Crippen molar-refractivity contribution in [3.63, 3.8) is 0 Å². The van der Waals surface area contributed by atoms with Gasteiger partial charge in [-0.15, -0.1) is 0 Å². The number of anilines is 1. The molecule has 0 atom stereocenters. The van der Waals surface area contributed by atoms with E-state index in [0.717, 1.165) is 0 Å². The van der Waals surface area contributed by atoms with Gasteiger partial charge in [-0.3, -0.25) is 9.59 Å². The molecular formula is C16H22ClN3O4. The molecule has 0 saturated heterocycles. The Morgan fingerprint density at radius 1 is 1.21 bits per heavy atom. The van der Waals surface area contributed by atoms with Crippen LogP contribution in [-0.2, 0) is 14.3 Å². The fraction of sp³-hybridized carbons (Fsp3) is 0.438. The van der Waals surface area contributed by atoms with Crippen LogP contribution >= 0.6 is 11.6 Å². The zero-order valence-electron chi connectivity index (χ0n) is 14.3. The van der Waals surface area contributed by atoms with Crippen molar-refractivity contribution in [1.82, 2.24) is 9.80 Å². The van der Waals surface area contributed by atoms with Gasteiger partial charge in [0, 0.05) is 20.0 Å². The number of carbonyl (C=O) groups is 3. The molecule has 0 aliphatic carbocycles. The lowest BCUT2D eigenvalue weighted by Crippen LogP contribution is -2.40. The molecule has 0 saturated carbocycles. The van der Waals surface area contributed by atoms with E-state index >= 15 is 0 Å². The third-order valence-corrected chi connectivity index (χ3v) is 3.59. The van der Waals surface area contributed by atoms with Crippen molar-refractivity contribution in [3.8, 4) is 0 Å². The molecule has 2 amide bonds. The van der Waals surface area contributed by atoms with Crippen molar-refractivity contribution in [2.45, 2.75) is 6.92 Å². The fourth-order valence-corrected chi connectivity index (χ4v) is 2.06. The molecule has 1 aromatic rings. The van der Waals surface area contributed by atoms with Gasteiger partial charge in [0.15, 0.2) is 0 Å². The lowest BCUT2D eigenvalue weighted by atomic mass is 10.2. The number of hydrogen-bond acceptors (Lipinski definition) is 5. The number of benzene rings is 1. The average molecular weight is 356 g/mol. The molecule has 0 aliphatic heterocycles. The summed E-state index contributed by atoms with van der Waals surface area (Å²) in [6.45, 7) is 2.40. The number of halogens is 1. The van der Waals surface area contributed by atoms with Gasteiger partial charge in [-0.1, -0.05) is 11.6 Å². The van der Waals surface area contributed by atoms with E-state index < -0.39 is 11.9 Å². The van der Waals surface area contributed by atoms with Crippen LogP contribution in [0.4, 0.5) is 5.69 Å². The Morgan fingerprint density at radius 3 is 2.42 bits per heavy atom. The standard InChI is InChI=1S/C16H22ClN3O4/c1-11(21)20(8-7-19(2)3)10-15(22)18-14-9-12(16(23)24-4)5-6-13(14)17/h5-6,9H,7-8,10H2,1-4H3,(H,18,22). The summed E-state index contributed by atoms with van der Waals surface area (Å²) in [6.07, 6.45) is 0. The van der Waals surface area contributed by atoms with E-state index in [-0.39, 0.29) is 18.0 Å². The van der Waals surface area contributed by atoms with Gasteiger partial charge in [-0.25, -0.2) is 4.79 Å². The van der Waals surface area contributed by atoms with E-state index in [9.17, 15) is 14.4 Å². The minimum absolute atomic E-state index is 0.0953. The highest BCUT2D eigenvalue weighted by Crippen LogP contribution is 2.23. The van der Waals surface area contributed by atoms with Crippen molar-refractivity contribution in [2.75, 3.05) is 46.2 Å². The topological polar surface area (TPSA) is 79.0 Å². The molecule has 7 nitrogen and oxygen atoms in total. The second kappa shape index (κ2) is 9.24. The summed E-state index contributed by atoms with van der Waals surface area (Å²) in [7, 11) is 5.04. The van der Waals surface area contributed by atoms with Gasteiger partial charge in [0.05, 0.1) is 29.9 Å². The quantitative estimate of drug-likeness (QED) is 0.749. The molecule has 0 bridgehead atoms. The first kappa shape index (κ1) is 19.9. The highest BCUT2D eigenvalue weighted by Gasteiger charge is 2.16. The second-order valence-corrected chi connectivity index (χ2v) is 5.89. The molecule has 1 rings (SSSR count). The number of esters is 1. The maximum atomic E-state index is 12.2. The van der Waals surface area contributed by atoms with Crippen LogP contribution in [0.2, 0.25) is 5.02 Å². The van der Waals surface area contributed by atoms with Gasteiger partial charge >= 0.3 is 5.97 Å². The molecule has 0 heterocycles. The summed E-state index contributed by atoms with van der Waals surface area (Å²) >= 11 is 6.04. The molecule has 8 heteroatoms.